The molecule has 1 aliphatic heterocycles. The first-order chi connectivity index (χ1) is 7.43. The highest BCUT2D eigenvalue weighted by Gasteiger charge is 2.24. The fraction of sp³-hybridized carbons (Fsp3) is 0.727. The van der Waals surface area contributed by atoms with Crippen LogP contribution < -0.4 is 5.32 Å². The predicted octanol–water partition coefficient (Wildman–Crippen LogP) is 1.34. The average molecular weight is 207 g/mol. The van der Waals surface area contributed by atoms with E-state index in [-0.39, 0.29) is 6.10 Å². The van der Waals surface area contributed by atoms with Gasteiger partial charge in [-0.15, -0.1) is 0 Å². The van der Waals surface area contributed by atoms with E-state index in [4.69, 9.17) is 4.74 Å². The lowest BCUT2D eigenvalue weighted by Crippen LogP contribution is -2.33. The Balaban J connectivity index is 1.71. The molecule has 1 saturated heterocycles. The maximum atomic E-state index is 5.65. The molecule has 0 amide bonds. The van der Waals surface area contributed by atoms with Crippen LogP contribution in [0.25, 0.3) is 0 Å². The third-order valence-corrected chi connectivity index (χ3v) is 3.39. The van der Waals surface area contributed by atoms with E-state index in [1.165, 1.54) is 25.0 Å². The summed E-state index contributed by atoms with van der Waals surface area (Å²) in [6, 6.07) is 0. The normalized spacial score (nSPS) is 27.6. The van der Waals surface area contributed by atoms with Crippen LogP contribution in [0.3, 0.4) is 0 Å². The minimum Gasteiger partial charge on any atom is -0.368 e. The number of aromatic nitrogens is 2. The van der Waals surface area contributed by atoms with Crippen molar-refractivity contribution in [2.24, 2.45) is 0 Å². The number of hydrogen-bond acceptors (Lipinski definition) is 3. The fourth-order valence-electron chi connectivity index (χ4n) is 2.18. The zero-order valence-corrected chi connectivity index (χ0v) is 8.83. The number of hydrogen-bond donors (Lipinski definition) is 2. The SMILES string of the molecule is c1nc(C2CNCCO2)[nH]c1C1CCC1. The van der Waals surface area contributed by atoms with Crippen LogP contribution >= 0.6 is 0 Å². The average Bonchev–Trinajstić information content (AvgIpc) is 2.66. The van der Waals surface area contributed by atoms with Gasteiger partial charge in [0.25, 0.3) is 0 Å². The number of nitrogens with one attached hydrogen (secondary N) is 2. The largest absolute Gasteiger partial charge is 0.368 e. The Bertz CT molecular complexity index is 326. The molecule has 82 valence electrons. The van der Waals surface area contributed by atoms with Crippen molar-refractivity contribution in [3.05, 3.63) is 17.7 Å². The molecule has 1 aliphatic carbocycles. The lowest BCUT2D eigenvalue weighted by Gasteiger charge is -2.24. The van der Waals surface area contributed by atoms with Gasteiger partial charge in [-0.05, 0) is 12.8 Å². The van der Waals surface area contributed by atoms with E-state index in [9.17, 15) is 0 Å². The first-order valence-corrected chi connectivity index (χ1v) is 5.80. The first kappa shape index (κ1) is 9.36. The van der Waals surface area contributed by atoms with Crippen LogP contribution in [0.4, 0.5) is 0 Å². The van der Waals surface area contributed by atoms with E-state index in [0.717, 1.165) is 31.4 Å². The van der Waals surface area contributed by atoms with Crippen molar-refractivity contribution in [2.75, 3.05) is 19.7 Å². The first-order valence-electron chi connectivity index (χ1n) is 5.80. The van der Waals surface area contributed by atoms with E-state index in [1.807, 2.05) is 6.20 Å². The highest BCUT2D eigenvalue weighted by atomic mass is 16.5. The zero-order valence-electron chi connectivity index (χ0n) is 8.83. The molecule has 15 heavy (non-hydrogen) atoms. The second kappa shape index (κ2) is 3.94. The van der Waals surface area contributed by atoms with Crippen LogP contribution in [0.5, 0.6) is 0 Å². The van der Waals surface area contributed by atoms with Gasteiger partial charge in [0.1, 0.15) is 11.9 Å². The number of H-pyrrole nitrogens is 1. The summed E-state index contributed by atoms with van der Waals surface area (Å²) in [6.45, 7) is 2.61. The van der Waals surface area contributed by atoms with Gasteiger partial charge < -0.3 is 15.0 Å². The number of morpholine rings is 1. The summed E-state index contributed by atoms with van der Waals surface area (Å²) in [5.41, 5.74) is 1.30. The van der Waals surface area contributed by atoms with Gasteiger partial charge in [-0.2, -0.15) is 0 Å². The molecule has 2 heterocycles. The van der Waals surface area contributed by atoms with Gasteiger partial charge in [-0.3, -0.25) is 0 Å². The number of rotatable bonds is 2. The van der Waals surface area contributed by atoms with Crippen molar-refractivity contribution >= 4 is 0 Å². The molecule has 2 aliphatic rings. The molecule has 0 spiro atoms. The van der Waals surface area contributed by atoms with Crippen LogP contribution in [-0.4, -0.2) is 29.7 Å². The van der Waals surface area contributed by atoms with Crippen molar-refractivity contribution in [3.8, 4) is 0 Å². The molecule has 4 nitrogen and oxygen atoms in total. The minimum absolute atomic E-state index is 0.118. The molecule has 0 aromatic carbocycles. The van der Waals surface area contributed by atoms with Crippen molar-refractivity contribution in [1.29, 1.82) is 0 Å². The van der Waals surface area contributed by atoms with E-state index in [0.29, 0.717) is 0 Å². The van der Waals surface area contributed by atoms with Crippen LogP contribution in [-0.2, 0) is 4.74 Å². The molecule has 0 radical (unpaired) electrons. The van der Waals surface area contributed by atoms with Crippen LogP contribution in [0.2, 0.25) is 0 Å². The molecule has 1 atom stereocenters. The van der Waals surface area contributed by atoms with Crippen LogP contribution in [0.1, 0.15) is 42.8 Å². The van der Waals surface area contributed by atoms with E-state index >= 15 is 0 Å². The molecule has 1 saturated carbocycles. The Hall–Kier alpha value is -0.870. The zero-order chi connectivity index (χ0) is 10.1. The van der Waals surface area contributed by atoms with Gasteiger partial charge in [0.2, 0.25) is 0 Å². The van der Waals surface area contributed by atoms with Gasteiger partial charge in [0, 0.05) is 30.9 Å². The molecule has 3 rings (SSSR count). The van der Waals surface area contributed by atoms with Gasteiger partial charge in [0.15, 0.2) is 0 Å². The number of nitrogens with zero attached hydrogens (tertiary/aromatic N) is 1. The maximum Gasteiger partial charge on any atom is 0.136 e. The minimum atomic E-state index is 0.118. The lowest BCUT2D eigenvalue weighted by molar-refractivity contribution is 0.0225. The standard InChI is InChI=1S/C11H17N3O/c1-2-8(3-1)9-6-13-11(14-9)10-7-12-4-5-15-10/h6,8,10,12H,1-5,7H2,(H,13,14). The number of imidazole rings is 1. The smallest absolute Gasteiger partial charge is 0.136 e. The molecule has 1 aromatic heterocycles. The summed E-state index contributed by atoms with van der Waals surface area (Å²) >= 11 is 0. The van der Waals surface area contributed by atoms with Crippen molar-refractivity contribution in [2.45, 2.75) is 31.3 Å². The second-order valence-electron chi connectivity index (χ2n) is 4.42. The summed E-state index contributed by atoms with van der Waals surface area (Å²) in [6.07, 6.45) is 6.08. The Morgan fingerprint density at radius 3 is 3.00 bits per heavy atom. The summed E-state index contributed by atoms with van der Waals surface area (Å²) in [5.74, 6) is 1.71. The van der Waals surface area contributed by atoms with E-state index in [1.54, 1.807) is 0 Å². The Kier molecular flexibility index (Phi) is 2.46. The molecular weight excluding hydrogens is 190 g/mol. The van der Waals surface area contributed by atoms with Crippen LogP contribution in [0, 0.1) is 0 Å². The number of aromatic amines is 1. The van der Waals surface area contributed by atoms with Crippen molar-refractivity contribution in [3.63, 3.8) is 0 Å². The van der Waals surface area contributed by atoms with E-state index in [2.05, 4.69) is 15.3 Å². The molecule has 1 aromatic rings. The highest BCUT2D eigenvalue weighted by molar-refractivity contribution is 5.12. The van der Waals surface area contributed by atoms with Crippen molar-refractivity contribution < 1.29 is 4.74 Å². The lowest BCUT2D eigenvalue weighted by atomic mass is 9.83. The Morgan fingerprint density at radius 2 is 2.33 bits per heavy atom. The summed E-state index contributed by atoms with van der Waals surface area (Å²) < 4.78 is 5.65. The molecule has 2 N–H and O–H groups in total. The third-order valence-electron chi connectivity index (χ3n) is 3.39. The Labute approximate surface area is 89.4 Å². The monoisotopic (exact) mass is 207 g/mol. The molecule has 4 heteroatoms. The van der Waals surface area contributed by atoms with Gasteiger partial charge in [-0.1, -0.05) is 6.42 Å². The topological polar surface area (TPSA) is 49.9 Å². The highest BCUT2D eigenvalue weighted by Crippen LogP contribution is 2.35. The van der Waals surface area contributed by atoms with Crippen molar-refractivity contribution in [1.82, 2.24) is 15.3 Å². The van der Waals surface area contributed by atoms with E-state index < -0.39 is 0 Å². The molecular formula is C11H17N3O. The van der Waals surface area contributed by atoms with Gasteiger partial charge in [0.05, 0.1) is 6.61 Å². The quantitative estimate of drug-likeness (QED) is 0.769. The van der Waals surface area contributed by atoms with Crippen LogP contribution in [0.15, 0.2) is 6.20 Å². The summed E-state index contributed by atoms with van der Waals surface area (Å²) in [5, 5.41) is 3.31. The fourth-order valence-corrected chi connectivity index (χ4v) is 2.18. The summed E-state index contributed by atoms with van der Waals surface area (Å²) in [7, 11) is 0. The van der Waals surface area contributed by atoms with Gasteiger partial charge >= 0.3 is 0 Å². The number of ether oxygens (including phenoxy) is 1. The molecule has 1 unspecified atom stereocenters. The van der Waals surface area contributed by atoms with Gasteiger partial charge in [-0.25, -0.2) is 4.98 Å². The molecule has 2 fully saturated rings. The maximum absolute atomic E-state index is 5.65. The predicted molar refractivity (Wildman–Crippen MR) is 56.7 cm³/mol. The third kappa shape index (κ3) is 1.79. The summed E-state index contributed by atoms with van der Waals surface area (Å²) in [4.78, 5) is 7.83. The second-order valence-corrected chi connectivity index (χ2v) is 4.42. The Morgan fingerprint density at radius 1 is 1.40 bits per heavy atom. The molecule has 0 bridgehead atoms.